The zero-order chi connectivity index (χ0) is 16.9. The monoisotopic (exact) mass is 328 g/mol. The predicted octanol–water partition coefficient (Wildman–Crippen LogP) is 3.61. The van der Waals surface area contributed by atoms with Gasteiger partial charge >= 0.3 is 0 Å². The lowest BCUT2D eigenvalue weighted by molar-refractivity contribution is -0.134. The number of carbonyl (C=O) groups excluding carboxylic acids is 2. The van der Waals surface area contributed by atoms with Gasteiger partial charge in [0, 0.05) is 25.2 Å². The van der Waals surface area contributed by atoms with Crippen LogP contribution in [0.15, 0.2) is 24.3 Å². The first-order valence-corrected chi connectivity index (χ1v) is 9.36. The van der Waals surface area contributed by atoms with E-state index in [2.05, 4.69) is 29.3 Å². The molecule has 1 atom stereocenters. The molecule has 1 aromatic carbocycles. The number of hydrogen-bond acceptors (Lipinski definition) is 3. The number of unbranched alkanes of at least 4 members (excludes halogenated alkanes) is 1. The molecule has 2 heterocycles. The van der Waals surface area contributed by atoms with Crippen LogP contribution < -0.4 is 10.2 Å². The number of hydrogen-bond donors (Lipinski definition) is 1. The Morgan fingerprint density at radius 2 is 1.96 bits per heavy atom. The van der Waals surface area contributed by atoms with Crippen molar-refractivity contribution in [3.63, 3.8) is 0 Å². The Kier molecular flexibility index (Phi) is 5.54. The number of nitrogens with one attached hydrogen (secondary N) is 1. The largest absolute Gasteiger partial charge is 0.372 e. The van der Waals surface area contributed by atoms with E-state index in [0.717, 1.165) is 24.6 Å². The number of carbonyl (C=O) groups is 2. The highest BCUT2D eigenvalue weighted by Gasteiger charge is 2.28. The molecule has 3 rings (SSSR count). The van der Waals surface area contributed by atoms with E-state index in [1.807, 2.05) is 12.1 Å². The third-order valence-electron chi connectivity index (χ3n) is 5.46. The molecule has 4 nitrogen and oxygen atoms in total. The Morgan fingerprint density at radius 1 is 1.17 bits per heavy atom. The van der Waals surface area contributed by atoms with E-state index in [1.54, 1.807) is 0 Å². The van der Waals surface area contributed by atoms with Crippen LogP contribution in [0.2, 0.25) is 0 Å². The maximum absolute atomic E-state index is 12.1. The lowest BCUT2D eigenvalue weighted by Crippen LogP contribution is -2.39. The van der Waals surface area contributed by atoms with Gasteiger partial charge in [-0.2, -0.15) is 0 Å². The molecule has 0 aromatic heterocycles. The molecule has 2 saturated heterocycles. The van der Waals surface area contributed by atoms with Crippen molar-refractivity contribution in [1.82, 2.24) is 5.32 Å². The van der Waals surface area contributed by atoms with E-state index in [0.29, 0.717) is 12.8 Å². The molecule has 4 heteroatoms. The van der Waals surface area contributed by atoms with Crippen LogP contribution in [0.5, 0.6) is 0 Å². The minimum absolute atomic E-state index is 0.151. The molecule has 1 aromatic rings. The van der Waals surface area contributed by atoms with Crippen molar-refractivity contribution in [2.24, 2.45) is 5.92 Å². The summed E-state index contributed by atoms with van der Waals surface area (Å²) in [4.78, 5) is 25.9. The van der Waals surface area contributed by atoms with Crippen LogP contribution in [0.3, 0.4) is 0 Å². The summed E-state index contributed by atoms with van der Waals surface area (Å²) in [5.41, 5.74) is 2.25. The second-order valence-electron chi connectivity index (χ2n) is 7.17. The summed E-state index contributed by atoms with van der Waals surface area (Å²) < 4.78 is 0. The molecule has 2 fully saturated rings. The van der Waals surface area contributed by atoms with Crippen LogP contribution in [0, 0.1) is 5.92 Å². The SMILES string of the molecule is CCCCC1CCN(c2cccc(C3CCC(=O)NC3=O)c2)CC1. The first-order valence-electron chi connectivity index (χ1n) is 9.36. The van der Waals surface area contributed by atoms with Crippen molar-refractivity contribution in [1.29, 1.82) is 0 Å². The first kappa shape index (κ1) is 17.0. The molecule has 1 unspecified atom stereocenters. The first-order chi connectivity index (χ1) is 11.7. The number of nitrogens with zero attached hydrogens (tertiary/aromatic N) is 1. The summed E-state index contributed by atoms with van der Waals surface area (Å²) in [7, 11) is 0. The predicted molar refractivity (Wildman–Crippen MR) is 96.0 cm³/mol. The van der Waals surface area contributed by atoms with Crippen molar-refractivity contribution < 1.29 is 9.59 Å². The molecule has 2 amide bonds. The Bertz CT molecular complexity index is 591. The molecule has 130 valence electrons. The van der Waals surface area contributed by atoms with E-state index < -0.39 is 0 Å². The maximum atomic E-state index is 12.1. The zero-order valence-corrected chi connectivity index (χ0v) is 14.6. The second-order valence-corrected chi connectivity index (χ2v) is 7.17. The van der Waals surface area contributed by atoms with Crippen molar-refractivity contribution in [3.05, 3.63) is 29.8 Å². The summed E-state index contributed by atoms with van der Waals surface area (Å²) in [6, 6.07) is 8.34. The lowest BCUT2D eigenvalue weighted by Gasteiger charge is -2.34. The summed E-state index contributed by atoms with van der Waals surface area (Å²) in [6.45, 7) is 4.47. The minimum atomic E-state index is -0.190. The molecular weight excluding hydrogens is 300 g/mol. The van der Waals surface area contributed by atoms with E-state index in [9.17, 15) is 9.59 Å². The molecule has 0 aliphatic carbocycles. The van der Waals surface area contributed by atoms with Gasteiger partial charge in [0.05, 0.1) is 5.92 Å². The van der Waals surface area contributed by atoms with Crippen LogP contribution in [0.25, 0.3) is 0 Å². The fourth-order valence-electron chi connectivity index (χ4n) is 3.92. The van der Waals surface area contributed by atoms with Gasteiger partial charge in [-0.25, -0.2) is 0 Å². The number of anilines is 1. The van der Waals surface area contributed by atoms with E-state index >= 15 is 0 Å². The summed E-state index contributed by atoms with van der Waals surface area (Å²) in [5, 5.41) is 2.46. The van der Waals surface area contributed by atoms with Crippen molar-refractivity contribution >= 4 is 17.5 Å². The molecule has 2 aliphatic heterocycles. The van der Waals surface area contributed by atoms with E-state index in [1.165, 1.54) is 37.8 Å². The van der Waals surface area contributed by atoms with Crippen LogP contribution >= 0.6 is 0 Å². The van der Waals surface area contributed by atoms with Crippen molar-refractivity contribution in [2.75, 3.05) is 18.0 Å². The maximum Gasteiger partial charge on any atom is 0.234 e. The van der Waals surface area contributed by atoms with Crippen LogP contribution in [0.4, 0.5) is 5.69 Å². The Hall–Kier alpha value is -1.84. The number of piperidine rings is 2. The van der Waals surface area contributed by atoms with Crippen molar-refractivity contribution in [2.45, 2.75) is 57.8 Å². The van der Waals surface area contributed by atoms with Gasteiger partial charge in [-0.1, -0.05) is 38.3 Å². The van der Waals surface area contributed by atoms with Gasteiger partial charge in [-0.05, 0) is 42.9 Å². The van der Waals surface area contributed by atoms with Gasteiger partial charge in [0.15, 0.2) is 0 Å². The standard InChI is InChI=1S/C20H28N2O2/c1-2-3-5-15-10-12-22(13-11-15)17-7-4-6-16(14-17)18-8-9-19(23)21-20(18)24/h4,6-7,14-15,18H,2-3,5,8-13H2,1H3,(H,21,23,24). The molecule has 1 N–H and O–H groups in total. The molecule has 0 saturated carbocycles. The third kappa shape index (κ3) is 3.97. The zero-order valence-electron chi connectivity index (χ0n) is 14.6. The summed E-state index contributed by atoms with van der Waals surface area (Å²) in [5.74, 6) is 0.382. The number of imide groups is 1. The topological polar surface area (TPSA) is 49.4 Å². The minimum Gasteiger partial charge on any atom is -0.372 e. The molecule has 2 aliphatic rings. The highest BCUT2D eigenvalue weighted by atomic mass is 16.2. The normalized spacial score (nSPS) is 22.5. The van der Waals surface area contributed by atoms with Crippen LogP contribution in [-0.2, 0) is 9.59 Å². The van der Waals surface area contributed by atoms with Crippen molar-refractivity contribution in [3.8, 4) is 0 Å². The van der Waals surface area contributed by atoms with E-state index in [-0.39, 0.29) is 17.7 Å². The van der Waals surface area contributed by atoms with Crippen LogP contribution in [-0.4, -0.2) is 24.9 Å². The third-order valence-corrected chi connectivity index (χ3v) is 5.46. The molecular formula is C20H28N2O2. The fraction of sp³-hybridized carbons (Fsp3) is 0.600. The Morgan fingerprint density at radius 3 is 2.67 bits per heavy atom. The number of amides is 2. The molecule has 24 heavy (non-hydrogen) atoms. The van der Waals surface area contributed by atoms with Gasteiger partial charge in [0.1, 0.15) is 0 Å². The van der Waals surface area contributed by atoms with Crippen LogP contribution in [0.1, 0.15) is 63.4 Å². The van der Waals surface area contributed by atoms with Gasteiger partial charge < -0.3 is 4.90 Å². The second kappa shape index (κ2) is 7.82. The van der Waals surface area contributed by atoms with E-state index in [4.69, 9.17) is 0 Å². The molecule has 0 spiro atoms. The molecule has 0 radical (unpaired) electrons. The molecule has 0 bridgehead atoms. The lowest BCUT2D eigenvalue weighted by atomic mass is 9.89. The Balaban J connectivity index is 1.64. The highest BCUT2D eigenvalue weighted by molar-refractivity contribution is 6.01. The van der Waals surface area contributed by atoms with Gasteiger partial charge in [-0.15, -0.1) is 0 Å². The average Bonchev–Trinajstić information content (AvgIpc) is 2.60. The Labute approximate surface area is 144 Å². The quantitative estimate of drug-likeness (QED) is 0.840. The fourth-order valence-corrected chi connectivity index (χ4v) is 3.92. The van der Waals surface area contributed by atoms with Gasteiger partial charge in [0.2, 0.25) is 11.8 Å². The van der Waals surface area contributed by atoms with Gasteiger partial charge in [-0.3, -0.25) is 14.9 Å². The highest BCUT2D eigenvalue weighted by Crippen LogP contribution is 2.30. The summed E-state index contributed by atoms with van der Waals surface area (Å²) in [6.07, 6.45) is 7.58. The number of rotatable bonds is 5. The average molecular weight is 328 g/mol. The summed E-state index contributed by atoms with van der Waals surface area (Å²) >= 11 is 0. The smallest absolute Gasteiger partial charge is 0.234 e. The number of benzene rings is 1. The van der Waals surface area contributed by atoms with Gasteiger partial charge in [0.25, 0.3) is 0 Å².